The van der Waals surface area contributed by atoms with Gasteiger partial charge in [0.1, 0.15) is 6.04 Å². The van der Waals surface area contributed by atoms with Gasteiger partial charge in [-0.15, -0.1) is 0 Å². The predicted octanol–water partition coefficient (Wildman–Crippen LogP) is 5.17. The fourth-order valence-corrected chi connectivity index (χ4v) is 3.46. The molecule has 122 valence electrons. The van der Waals surface area contributed by atoms with Gasteiger partial charge in [0.25, 0.3) is 0 Å². The molecule has 0 amide bonds. The highest BCUT2D eigenvalue weighted by molar-refractivity contribution is 7.71. The van der Waals surface area contributed by atoms with E-state index in [2.05, 4.69) is 4.98 Å². The Kier molecular flexibility index (Phi) is 4.04. The second-order valence-corrected chi connectivity index (χ2v) is 6.25. The number of imidazole rings is 1. The minimum Gasteiger partial charge on any atom is -0.331 e. The zero-order valence-electron chi connectivity index (χ0n) is 13.4. The molecule has 3 aromatic carbocycles. The maximum atomic E-state index is 13.4. The number of ketones is 1. The van der Waals surface area contributed by atoms with E-state index >= 15 is 0 Å². The van der Waals surface area contributed by atoms with Gasteiger partial charge in [-0.1, -0.05) is 72.8 Å². The number of aromatic amines is 1. The molecule has 25 heavy (non-hydrogen) atoms. The smallest absolute Gasteiger partial charge is 0.190 e. The third kappa shape index (κ3) is 2.81. The van der Waals surface area contributed by atoms with Crippen molar-refractivity contribution < 1.29 is 4.79 Å². The molecule has 3 nitrogen and oxygen atoms in total. The number of para-hydroxylation sites is 2. The van der Waals surface area contributed by atoms with E-state index in [1.807, 2.05) is 89.5 Å². The predicted molar refractivity (Wildman–Crippen MR) is 102 cm³/mol. The molecule has 1 N–H and O–H groups in total. The van der Waals surface area contributed by atoms with Crippen molar-refractivity contribution in [2.24, 2.45) is 0 Å². The van der Waals surface area contributed by atoms with Gasteiger partial charge in [-0.3, -0.25) is 4.79 Å². The summed E-state index contributed by atoms with van der Waals surface area (Å²) >= 11 is 5.55. The van der Waals surface area contributed by atoms with Crippen LogP contribution in [0.15, 0.2) is 84.9 Å². The van der Waals surface area contributed by atoms with Crippen LogP contribution in [0.4, 0.5) is 0 Å². The van der Waals surface area contributed by atoms with Crippen LogP contribution in [0.1, 0.15) is 22.0 Å². The lowest BCUT2D eigenvalue weighted by atomic mass is 9.97. The van der Waals surface area contributed by atoms with Crippen LogP contribution in [0, 0.1) is 4.77 Å². The molecule has 1 atom stereocenters. The van der Waals surface area contributed by atoms with Crippen molar-refractivity contribution in [2.45, 2.75) is 6.04 Å². The monoisotopic (exact) mass is 344 g/mol. The topological polar surface area (TPSA) is 37.8 Å². The number of hydrogen-bond acceptors (Lipinski definition) is 2. The molecule has 0 radical (unpaired) electrons. The number of nitrogens with zero attached hydrogens (tertiary/aromatic N) is 1. The number of hydrogen-bond donors (Lipinski definition) is 1. The van der Waals surface area contributed by atoms with Gasteiger partial charge in [0.15, 0.2) is 10.6 Å². The first-order valence-corrected chi connectivity index (χ1v) is 8.50. The van der Waals surface area contributed by atoms with Crippen molar-refractivity contribution in [1.82, 2.24) is 9.55 Å². The SMILES string of the molecule is O=C(c1ccccc1)[C@@H](c1ccccc1)n1c(=S)[nH]c2ccccc21. The van der Waals surface area contributed by atoms with Crippen LogP contribution in [-0.4, -0.2) is 15.3 Å². The van der Waals surface area contributed by atoms with E-state index in [1.165, 1.54) is 0 Å². The molecule has 0 fully saturated rings. The van der Waals surface area contributed by atoms with Crippen LogP contribution in [0.25, 0.3) is 11.0 Å². The third-order valence-corrected chi connectivity index (χ3v) is 4.60. The van der Waals surface area contributed by atoms with E-state index in [0.29, 0.717) is 10.3 Å². The van der Waals surface area contributed by atoms with Gasteiger partial charge in [-0.25, -0.2) is 0 Å². The number of nitrogens with one attached hydrogen (secondary N) is 1. The zero-order valence-corrected chi connectivity index (χ0v) is 14.2. The van der Waals surface area contributed by atoms with Crippen molar-refractivity contribution in [2.75, 3.05) is 0 Å². The largest absolute Gasteiger partial charge is 0.331 e. The molecule has 0 aliphatic heterocycles. The van der Waals surface area contributed by atoms with Crippen molar-refractivity contribution in [3.05, 3.63) is 101 Å². The summed E-state index contributed by atoms with van der Waals surface area (Å²) in [5, 5.41) is 0. The van der Waals surface area contributed by atoms with E-state index in [1.54, 1.807) is 0 Å². The van der Waals surface area contributed by atoms with Gasteiger partial charge >= 0.3 is 0 Å². The van der Waals surface area contributed by atoms with Crippen LogP contribution in [-0.2, 0) is 0 Å². The van der Waals surface area contributed by atoms with Crippen molar-refractivity contribution in [1.29, 1.82) is 0 Å². The molecule has 0 aliphatic carbocycles. The second kappa shape index (κ2) is 6.49. The van der Waals surface area contributed by atoms with Crippen LogP contribution in [0.5, 0.6) is 0 Å². The summed E-state index contributed by atoms with van der Waals surface area (Å²) in [6, 6.07) is 26.5. The van der Waals surface area contributed by atoms with Gasteiger partial charge in [0, 0.05) is 5.56 Å². The normalized spacial score (nSPS) is 12.2. The first-order chi connectivity index (χ1) is 12.3. The van der Waals surface area contributed by atoms with Gasteiger partial charge < -0.3 is 9.55 Å². The lowest BCUT2D eigenvalue weighted by Gasteiger charge is -2.19. The Bertz CT molecular complexity index is 1080. The molecule has 4 aromatic rings. The summed E-state index contributed by atoms with van der Waals surface area (Å²) in [6.45, 7) is 0. The first-order valence-electron chi connectivity index (χ1n) is 8.09. The summed E-state index contributed by atoms with van der Waals surface area (Å²) < 4.78 is 2.45. The van der Waals surface area contributed by atoms with E-state index < -0.39 is 6.04 Å². The first kappa shape index (κ1) is 15.5. The second-order valence-electron chi connectivity index (χ2n) is 5.86. The average Bonchev–Trinajstić information content (AvgIpc) is 3.00. The number of aromatic nitrogens is 2. The average molecular weight is 344 g/mol. The minimum absolute atomic E-state index is 0.0210. The van der Waals surface area contributed by atoms with E-state index in [9.17, 15) is 4.79 Å². The zero-order chi connectivity index (χ0) is 17.2. The molecule has 1 aromatic heterocycles. The maximum absolute atomic E-state index is 13.4. The Balaban J connectivity index is 1.97. The molecule has 0 aliphatic rings. The Labute approximate surface area is 150 Å². The number of H-pyrrole nitrogens is 1. The Hall–Kier alpha value is -2.98. The number of carbonyl (C=O) groups is 1. The molecule has 1 heterocycles. The minimum atomic E-state index is -0.507. The summed E-state index contributed by atoms with van der Waals surface area (Å²) in [5.74, 6) is 0.0210. The number of fused-ring (bicyclic) bond motifs is 1. The van der Waals surface area contributed by atoms with Crippen molar-refractivity contribution in [3.8, 4) is 0 Å². The van der Waals surface area contributed by atoms with Crippen LogP contribution < -0.4 is 0 Å². The van der Waals surface area contributed by atoms with E-state index in [-0.39, 0.29) is 5.78 Å². The standard InChI is InChI=1S/C21H16N2OS/c24-20(16-11-5-2-6-12-16)19(15-9-3-1-4-10-15)23-18-14-8-7-13-17(18)22-21(23)25/h1-14,19H,(H,22,25)/t19-/m1/s1. The van der Waals surface area contributed by atoms with Crippen LogP contribution in [0.3, 0.4) is 0 Å². The summed E-state index contributed by atoms with van der Waals surface area (Å²) in [7, 11) is 0. The Morgan fingerprint density at radius 2 is 1.44 bits per heavy atom. The van der Waals surface area contributed by atoms with Gasteiger partial charge in [0.05, 0.1) is 11.0 Å². The molecule has 4 rings (SSSR count). The number of carbonyl (C=O) groups excluding carboxylic acids is 1. The number of Topliss-reactive ketones (excluding diaryl/α,β-unsaturated/α-hetero) is 1. The maximum Gasteiger partial charge on any atom is 0.190 e. The van der Waals surface area contributed by atoms with Gasteiger partial charge in [0.2, 0.25) is 0 Å². The molecule has 0 bridgehead atoms. The summed E-state index contributed by atoms with van der Waals surface area (Å²) in [4.78, 5) is 16.6. The van der Waals surface area contributed by atoms with E-state index in [0.717, 1.165) is 16.6 Å². The van der Waals surface area contributed by atoms with E-state index in [4.69, 9.17) is 12.2 Å². The summed E-state index contributed by atoms with van der Waals surface area (Å²) in [6.07, 6.45) is 0. The highest BCUT2D eigenvalue weighted by atomic mass is 32.1. The Morgan fingerprint density at radius 1 is 0.840 bits per heavy atom. The molecule has 0 saturated heterocycles. The fourth-order valence-electron chi connectivity index (χ4n) is 3.14. The molecular formula is C21H16N2OS. The quantitative estimate of drug-likeness (QED) is 0.409. The van der Waals surface area contributed by atoms with Crippen molar-refractivity contribution in [3.63, 3.8) is 0 Å². The molecule has 0 unspecified atom stereocenters. The number of benzene rings is 3. The van der Waals surface area contributed by atoms with Gasteiger partial charge in [-0.05, 0) is 29.9 Å². The number of rotatable bonds is 4. The van der Waals surface area contributed by atoms with Crippen LogP contribution in [0.2, 0.25) is 0 Å². The van der Waals surface area contributed by atoms with Crippen molar-refractivity contribution >= 4 is 29.0 Å². The Morgan fingerprint density at radius 3 is 2.16 bits per heavy atom. The van der Waals surface area contributed by atoms with Gasteiger partial charge in [-0.2, -0.15) is 0 Å². The molecule has 4 heteroatoms. The highest BCUT2D eigenvalue weighted by Gasteiger charge is 2.26. The lowest BCUT2D eigenvalue weighted by molar-refractivity contribution is 0.0947. The summed E-state index contributed by atoms with van der Waals surface area (Å²) in [5.41, 5.74) is 3.43. The lowest BCUT2D eigenvalue weighted by Crippen LogP contribution is -2.21. The van der Waals surface area contributed by atoms with Crippen LogP contribution >= 0.6 is 12.2 Å². The molecular weight excluding hydrogens is 328 g/mol. The molecule has 0 saturated carbocycles. The fraction of sp³-hybridized carbons (Fsp3) is 0.0476. The highest BCUT2D eigenvalue weighted by Crippen LogP contribution is 2.28. The third-order valence-electron chi connectivity index (χ3n) is 4.30. The molecule has 0 spiro atoms.